The van der Waals surface area contributed by atoms with Crippen LogP contribution in [0.1, 0.15) is 24.2 Å². The van der Waals surface area contributed by atoms with Crippen molar-refractivity contribution in [2.24, 2.45) is 0 Å². The summed E-state index contributed by atoms with van der Waals surface area (Å²) in [5.41, 5.74) is 3.80. The quantitative estimate of drug-likeness (QED) is 0.266. The van der Waals surface area contributed by atoms with E-state index in [2.05, 4.69) is 27.0 Å². The Labute approximate surface area is 227 Å². The third-order valence-electron chi connectivity index (χ3n) is 5.92. The van der Waals surface area contributed by atoms with Crippen molar-refractivity contribution in [1.82, 2.24) is 10.3 Å². The molecule has 0 fully saturated rings. The van der Waals surface area contributed by atoms with Crippen molar-refractivity contribution in [3.63, 3.8) is 0 Å². The summed E-state index contributed by atoms with van der Waals surface area (Å²) >= 11 is 2.58. The van der Waals surface area contributed by atoms with E-state index in [0.717, 1.165) is 15.8 Å². The van der Waals surface area contributed by atoms with Gasteiger partial charge in [-0.05, 0) is 50.2 Å². The highest BCUT2D eigenvalue weighted by molar-refractivity contribution is 8.03. The Morgan fingerprint density at radius 1 is 1.11 bits per heavy atom. The first-order valence-electron chi connectivity index (χ1n) is 11.7. The molecule has 0 saturated carbocycles. The predicted octanol–water partition coefficient (Wildman–Crippen LogP) is 5.90. The van der Waals surface area contributed by atoms with Crippen molar-refractivity contribution in [2.75, 3.05) is 16.4 Å². The van der Waals surface area contributed by atoms with E-state index in [1.807, 2.05) is 55.5 Å². The zero-order chi connectivity index (χ0) is 26.6. The molecular formula is C28H23N5O3S2. The molecule has 0 saturated heterocycles. The molecule has 0 spiro atoms. The lowest BCUT2D eigenvalue weighted by atomic mass is 9.85. The molecule has 4 aromatic rings. The van der Waals surface area contributed by atoms with E-state index in [1.165, 1.54) is 29.4 Å². The molecule has 0 radical (unpaired) electrons. The first-order chi connectivity index (χ1) is 18.4. The Morgan fingerprint density at radius 2 is 1.89 bits per heavy atom. The van der Waals surface area contributed by atoms with Crippen molar-refractivity contribution in [3.05, 3.63) is 100 Å². The molecule has 10 heteroatoms. The molecule has 2 aromatic heterocycles. The Morgan fingerprint density at radius 3 is 2.61 bits per heavy atom. The highest BCUT2D eigenvalue weighted by Crippen LogP contribution is 2.41. The van der Waals surface area contributed by atoms with Gasteiger partial charge in [0.2, 0.25) is 5.91 Å². The van der Waals surface area contributed by atoms with Gasteiger partial charge in [0.1, 0.15) is 5.76 Å². The van der Waals surface area contributed by atoms with Gasteiger partial charge in [0.15, 0.2) is 5.13 Å². The lowest BCUT2D eigenvalue weighted by Gasteiger charge is -2.28. The summed E-state index contributed by atoms with van der Waals surface area (Å²) in [7, 11) is 0. The molecule has 2 aromatic carbocycles. The summed E-state index contributed by atoms with van der Waals surface area (Å²) in [5, 5.41) is 20.1. The highest BCUT2D eigenvalue weighted by Gasteiger charge is 2.36. The van der Waals surface area contributed by atoms with Crippen LogP contribution in [0.25, 0.3) is 10.2 Å². The van der Waals surface area contributed by atoms with Crippen LogP contribution in [0.3, 0.4) is 0 Å². The summed E-state index contributed by atoms with van der Waals surface area (Å²) < 4.78 is 6.62. The van der Waals surface area contributed by atoms with Gasteiger partial charge in [-0.1, -0.05) is 52.9 Å². The second-order valence-electron chi connectivity index (χ2n) is 8.61. The molecule has 1 aliphatic heterocycles. The largest absolute Gasteiger partial charge is 0.468 e. The van der Waals surface area contributed by atoms with Crippen molar-refractivity contribution < 1.29 is 14.0 Å². The Kier molecular flexibility index (Phi) is 7.31. The molecule has 3 N–H and O–H groups in total. The molecular weight excluding hydrogens is 518 g/mol. The lowest BCUT2D eigenvalue weighted by molar-refractivity contribution is -0.114. The third-order valence-corrected chi connectivity index (χ3v) is 7.89. The number of nitrogens with zero attached hydrogens (tertiary/aromatic N) is 2. The second kappa shape index (κ2) is 11.0. The monoisotopic (exact) mass is 541 g/mol. The average molecular weight is 542 g/mol. The molecule has 0 aliphatic carbocycles. The van der Waals surface area contributed by atoms with Crippen LogP contribution >= 0.6 is 23.1 Å². The number of allylic oxidation sites excluding steroid dienone is 2. The van der Waals surface area contributed by atoms with E-state index >= 15 is 0 Å². The zero-order valence-corrected chi connectivity index (χ0v) is 22.2. The second-order valence-corrected chi connectivity index (χ2v) is 10.6. The summed E-state index contributed by atoms with van der Waals surface area (Å²) in [5.74, 6) is -0.801. The third kappa shape index (κ3) is 5.34. The molecule has 2 amide bonds. The average Bonchev–Trinajstić information content (AvgIpc) is 3.58. The fourth-order valence-electron chi connectivity index (χ4n) is 4.13. The standard InChI is InChI=1S/C28H23N5O3S2/c1-16-9-11-18(12-10-16)31-23(34)15-37-27-19(14-29)25(21-7-5-13-36-21)24(17(2)30-27)26(35)33-28-32-20-6-3-4-8-22(20)38-28/h3-13,25,30H,15H2,1-2H3,(H,31,34)(H,32,33,35)/t25-/m0/s1. The van der Waals surface area contributed by atoms with E-state index in [-0.39, 0.29) is 17.6 Å². The molecule has 0 unspecified atom stereocenters. The van der Waals surface area contributed by atoms with Crippen LogP contribution in [0, 0.1) is 18.3 Å². The maximum absolute atomic E-state index is 13.5. The number of nitrogens with one attached hydrogen (secondary N) is 3. The highest BCUT2D eigenvalue weighted by atomic mass is 32.2. The van der Waals surface area contributed by atoms with Crippen LogP contribution in [0.4, 0.5) is 10.8 Å². The van der Waals surface area contributed by atoms with E-state index in [4.69, 9.17) is 4.42 Å². The number of anilines is 2. The van der Waals surface area contributed by atoms with Gasteiger partial charge in [-0.25, -0.2) is 4.98 Å². The SMILES string of the molecule is CC1=C(C(=O)Nc2nc3ccccc3s2)[C@H](c2ccco2)C(C#N)=C(SCC(=O)Nc2ccc(C)cc2)N1. The number of dihydropyridines is 1. The molecule has 1 atom stereocenters. The number of para-hydroxylation sites is 1. The number of hydrogen-bond acceptors (Lipinski definition) is 8. The summed E-state index contributed by atoms with van der Waals surface area (Å²) in [6.45, 7) is 3.75. The number of fused-ring (bicyclic) bond motifs is 1. The molecule has 190 valence electrons. The van der Waals surface area contributed by atoms with Crippen LogP contribution in [-0.4, -0.2) is 22.6 Å². The van der Waals surface area contributed by atoms with Crippen molar-refractivity contribution in [2.45, 2.75) is 19.8 Å². The summed E-state index contributed by atoms with van der Waals surface area (Å²) in [6, 6.07) is 20.8. The Bertz CT molecular complexity index is 1580. The number of hydrogen-bond donors (Lipinski definition) is 3. The van der Waals surface area contributed by atoms with Crippen LogP contribution in [0.15, 0.2) is 93.2 Å². The molecule has 8 nitrogen and oxygen atoms in total. The van der Waals surface area contributed by atoms with Crippen LogP contribution in [0.2, 0.25) is 0 Å². The van der Waals surface area contributed by atoms with Gasteiger partial charge in [-0.2, -0.15) is 5.26 Å². The zero-order valence-electron chi connectivity index (χ0n) is 20.6. The van der Waals surface area contributed by atoms with Gasteiger partial charge in [-0.15, -0.1) is 0 Å². The minimum Gasteiger partial charge on any atom is -0.468 e. The number of aryl methyl sites for hydroxylation is 1. The molecule has 38 heavy (non-hydrogen) atoms. The Hall–Kier alpha value is -4.33. The van der Waals surface area contributed by atoms with Gasteiger partial charge in [0, 0.05) is 11.4 Å². The van der Waals surface area contributed by atoms with Crippen molar-refractivity contribution in [1.29, 1.82) is 5.26 Å². The van der Waals surface area contributed by atoms with Crippen molar-refractivity contribution in [3.8, 4) is 6.07 Å². The first kappa shape index (κ1) is 25.3. The van der Waals surface area contributed by atoms with Gasteiger partial charge in [-0.3, -0.25) is 14.9 Å². The number of carbonyl (C=O) groups excluding carboxylic acids is 2. The number of furan rings is 1. The molecule has 0 bridgehead atoms. The van der Waals surface area contributed by atoms with Crippen LogP contribution in [0.5, 0.6) is 0 Å². The number of rotatable bonds is 7. The van der Waals surface area contributed by atoms with Gasteiger partial charge < -0.3 is 15.1 Å². The van der Waals surface area contributed by atoms with Crippen LogP contribution in [-0.2, 0) is 9.59 Å². The lowest BCUT2D eigenvalue weighted by Crippen LogP contribution is -2.31. The fourth-order valence-corrected chi connectivity index (χ4v) is 5.88. The normalized spacial score (nSPS) is 15.2. The number of aromatic nitrogens is 1. The first-order valence-corrected chi connectivity index (χ1v) is 13.5. The van der Waals surface area contributed by atoms with Gasteiger partial charge >= 0.3 is 0 Å². The smallest absolute Gasteiger partial charge is 0.256 e. The van der Waals surface area contributed by atoms with E-state index in [9.17, 15) is 14.9 Å². The summed E-state index contributed by atoms with van der Waals surface area (Å²) in [6.07, 6.45) is 1.51. The number of thioether (sulfide) groups is 1. The van der Waals surface area contributed by atoms with E-state index in [0.29, 0.717) is 38.5 Å². The molecule has 5 rings (SSSR count). The maximum Gasteiger partial charge on any atom is 0.256 e. The van der Waals surface area contributed by atoms with Gasteiger partial charge in [0.25, 0.3) is 5.91 Å². The maximum atomic E-state index is 13.5. The number of nitriles is 1. The predicted molar refractivity (Wildman–Crippen MR) is 150 cm³/mol. The fraction of sp³-hybridized carbons (Fsp3) is 0.143. The number of benzene rings is 2. The molecule has 3 heterocycles. The topological polar surface area (TPSA) is 120 Å². The van der Waals surface area contributed by atoms with Crippen molar-refractivity contribution >= 4 is 55.9 Å². The Balaban J connectivity index is 1.39. The van der Waals surface area contributed by atoms with E-state index < -0.39 is 5.92 Å². The minimum atomic E-state index is -0.742. The van der Waals surface area contributed by atoms with Gasteiger partial charge in [0.05, 0.1) is 50.4 Å². The summed E-state index contributed by atoms with van der Waals surface area (Å²) in [4.78, 5) is 30.6. The molecule has 1 aliphatic rings. The minimum absolute atomic E-state index is 0.0762. The number of amides is 2. The van der Waals surface area contributed by atoms with E-state index in [1.54, 1.807) is 19.1 Å². The number of carbonyl (C=O) groups is 2. The number of thiazole rings is 1. The van der Waals surface area contributed by atoms with Crippen LogP contribution < -0.4 is 16.0 Å².